The summed E-state index contributed by atoms with van der Waals surface area (Å²) in [6.45, 7) is 4.39. The average molecular weight is 355 g/mol. The zero-order valence-corrected chi connectivity index (χ0v) is 17.4. The van der Waals surface area contributed by atoms with Crippen LogP contribution in [-0.4, -0.2) is 13.0 Å². The van der Waals surface area contributed by atoms with Gasteiger partial charge in [-0.15, -0.1) is 0 Å². The molecule has 0 rings (SSSR count). The van der Waals surface area contributed by atoms with Gasteiger partial charge in [0.25, 0.3) is 0 Å². The second-order valence-corrected chi connectivity index (χ2v) is 6.91. The van der Waals surface area contributed by atoms with Crippen molar-refractivity contribution in [2.75, 3.05) is 7.05 Å². The second kappa shape index (κ2) is 23.2. The normalized spacial score (nSPS) is 12.0. The molecule has 0 spiro atoms. The summed E-state index contributed by atoms with van der Waals surface area (Å²) in [7, 11) is 1.50. The lowest BCUT2D eigenvalue weighted by atomic mass is 9.95. The molecule has 1 unspecified atom stereocenters. The topological polar surface area (TPSA) is 69.1 Å². The maximum absolute atomic E-state index is 11.3. The molecule has 0 aromatic heterocycles. The Morgan fingerprint density at radius 2 is 1.20 bits per heavy atom. The van der Waals surface area contributed by atoms with E-state index in [1.54, 1.807) is 0 Å². The highest BCUT2D eigenvalue weighted by Gasteiger charge is 2.12. The Kier molecular flexibility index (Phi) is 24.5. The Morgan fingerprint density at radius 3 is 1.68 bits per heavy atom. The van der Waals surface area contributed by atoms with Gasteiger partial charge in [-0.05, 0) is 45.6 Å². The molecule has 0 aliphatic rings. The summed E-state index contributed by atoms with van der Waals surface area (Å²) in [5, 5.41) is 0. The summed E-state index contributed by atoms with van der Waals surface area (Å²) in [4.78, 5) is 11.3. The molecule has 0 saturated carbocycles. The summed E-state index contributed by atoms with van der Waals surface area (Å²) in [5.74, 6) is 0.00157. The lowest BCUT2D eigenvalue weighted by Gasteiger charge is -2.11. The first kappa shape index (κ1) is 26.4. The molecule has 0 aromatic carbocycles. The van der Waals surface area contributed by atoms with E-state index >= 15 is 0 Å². The van der Waals surface area contributed by atoms with Crippen LogP contribution >= 0.6 is 0 Å². The van der Waals surface area contributed by atoms with Crippen LogP contribution in [-0.2, 0) is 4.79 Å². The van der Waals surface area contributed by atoms with Crippen LogP contribution in [0.15, 0.2) is 12.2 Å². The van der Waals surface area contributed by atoms with Gasteiger partial charge in [0.1, 0.15) is 0 Å². The van der Waals surface area contributed by atoms with Crippen molar-refractivity contribution in [1.29, 1.82) is 0 Å². The van der Waals surface area contributed by atoms with Crippen molar-refractivity contribution in [3.8, 4) is 0 Å². The predicted octanol–water partition coefficient (Wildman–Crippen LogP) is 6.11. The van der Waals surface area contributed by atoms with Gasteiger partial charge in [0.05, 0.1) is 0 Å². The number of allylic oxidation sites excluding steroid dienone is 2. The molecule has 0 radical (unpaired) electrons. The number of carbonyl (C=O) groups excluding carboxylic acids is 1. The predicted molar refractivity (Wildman–Crippen MR) is 113 cm³/mol. The van der Waals surface area contributed by atoms with Crippen molar-refractivity contribution >= 4 is 5.91 Å². The van der Waals surface area contributed by atoms with Crippen LogP contribution in [0.1, 0.15) is 110 Å². The van der Waals surface area contributed by atoms with Crippen molar-refractivity contribution in [2.45, 2.75) is 110 Å². The zero-order chi connectivity index (χ0) is 19.2. The fourth-order valence-electron chi connectivity index (χ4n) is 3.06. The summed E-state index contributed by atoms with van der Waals surface area (Å²) in [6, 6.07) is 0. The van der Waals surface area contributed by atoms with Gasteiger partial charge in [-0.1, -0.05) is 83.8 Å². The van der Waals surface area contributed by atoms with Crippen LogP contribution in [0.2, 0.25) is 0 Å². The van der Waals surface area contributed by atoms with E-state index in [1.165, 1.54) is 77.7 Å². The third-order valence-electron chi connectivity index (χ3n) is 4.60. The molecule has 0 aliphatic carbocycles. The maximum atomic E-state index is 11.3. The Morgan fingerprint density at radius 1 is 0.720 bits per heavy atom. The first-order valence-electron chi connectivity index (χ1n) is 10.7. The van der Waals surface area contributed by atoms with Crippen molar-refractivity contribution in [1.82, 2.24) is 0 Å². The third kappa shape index (κ3) is 21.1. The van der Waals surface area contributed by atoms with Crippen molar-refractivity contribution in [3.05, 3.63) is 12.2 Å². The van der Waals surface area contributed by atoms with E-state index in [0.717, 1.165) is 25.7 Å². The number of unbranched alkanes of at least 4 members (excludes halogenated alkanes) is 10. The van der Waals surface area contributed by atoms with Crippen LogP contribution in [0.25, 0.3) is 0 Å². The van der Waals surface area contributed by atoms with E-state index in [4.69, 9.17) is 5.73 Å². The van der Waals surface area contributed by atoms with Crippen molar-refractivity contribution in [2.24, 2.45) is 17.4 Å². The van der Waals surface area contributed by atoms with E-state index < -0.39 is 0 Å². The fourth-order valence-corrected chi connectivity index (χ4v) is 3.06. The van der Waals surface area contributed by atoms with E-state index in [2.05, 4.69) is 31.7 Å². The molecule has 1 amide bonds. The number of amides is 1. The van der Waals surface area contributed by atoms with Gasteiger partial charge < -0.3 is 11.5 Å². The van der Waals surface area contributed by atoms with Gasteiger partial charge in [-0.2, -0.15) is 0 Å². The summed E-state index contributed by atoms with van der Waals surface area (Å²) in [6.07, 6.45) is 23.4. The Bertz CT molecular complexity index is 290. The molecule has 0 saturated heterocycles. The number of hydrogen-bond donors (Lipinski definition) is 2. The smallest absolute Gasteiger partial charge is 0.220 e. The second-order valence-electron chi connectivity index (χ2n) is 6.91. The molecule has 0 heterocycles. The van der Waals surface area contributed by atoms with Gasteiger partial charge in [0, 0.05) is 5.92 Å². The number of nitrogens with two attached hydrogens (primary N) is 2. The Balaban J connectivity index is 0. The highest BCUT2D eigenvalue weighted by molar-refractivity contribution is 5.76. The molecule has 3 heteroatoms. The Hall–Kier alpha value is -0.830. The molecular weight excluding hydrogens is 308 g/mol. The SMILES string of the molecule is CCCCCCCCC=CCCCCCCC(CCC)C(N)=O.CN. The lowest BCUT2D eigenvalue weighted by molar-refractivity contribution is -0.122. The first-order chi connectivity index (χ1) is 12.2. The largest absolute Gasteiger partial charge is 0.369 e. The summed E-state index contributed by atoms with van der Waals surface area (Å²) in [5.41, 5.74) is 9.93. The zero-order valence-electron chi connectivity index (χ0n) is 17.4. The van der Waals surface area contributed by atoms with Crippen LogP contribution in [0.4, 0.5) is 0 Å². The van der Waals surface area contributed by atoms with Gasteiger partial charge in [0.15, 0.2) is 0 Å². The molecule has 4 N–H and O–H groups in total. The van der Waals surface area contributed by atoms with Crippen LogP contribution in [0, 0.1) is 5.92 Å². The molecular formula is C22H46N2O. The molecule has 150 valence electrons. The van der Waals surface area contributed by atoms with Crippen LogP contribution < -0.4 is 11.5 Å². The fraction of sp³-hybridized carbons (Fsp3) is 0.864. The number of primary amides is 1. The summed E-state index contributed by atoms with van der Waals surface area (Å²) >= 11 is 0. The highest BCUT2D eigenvalue weighted by atomic mass is 16.1. The standard InChI is InChI=1S/C21H41NO.CH5N/c1-3-5-6-7-8-9-10-11-12-13-14-15-16-17-19-20(18-4-2)21(22)23;1-2/h11-12,20H,3-10,13-19H2,1-2H3,(H2,22,23);2H2,1H3. The minimum Gasteiger partial charge on any atom is -0.369 e. The van der Waals surface area contributed by atoms with E-state index in [-0.39, 0.29) is 11.8 Å². The molecule has 0 fully saturated rings. The van der Waals surface area contributed by atoms with E-state index in [1.807, 2.05) is 0 Å². The average Bonchev–Trinajstić information content (AvgIpc) is 2.62. The van der Waals surface area contributed by atoms with Gasteiger partial charge >= 0.3 is 0 Å². The van der Waals surface area contributed by atoms with E-state index in [9.17, 15) is 4.79 Å². The molecule has 3 nitrogen and oxygen atoms in total. The lowest BCUT2D eigenvalue weighted by Crippen LogP contribution is -2.23. The minimum absolute atomic E-state index is 0.107. The molecule has 0 bridgehead atoms. The van der Waals surface area contributed by atoms with Crippen LogP contribution in [0.3, 0.4) is 0 Å². The summed E-state index contributed by atoms with van der Waals surface area (Å²) < 4.78 is 0. The minimum atomic E-state index is -0.107. The van der Waals surface area contributed by atoms with Crippen molar-refractivity contribution < 1.29 is 4.79 Å². The van der Waals surface area contributed by atoms with Crippen molar-refractivity contribution in [3.63, 3.8) is 0 Å². The molecule has 1 atom stereocenters. The molecule has 0 aromatic rings. The van der Waals surface area contributed by atoms with Crippen LogP contribution in [0.5, 0.6) is 0 Å². The van der Waals surface area contributed by atoms with Gasteiger partial charge in [0.2, 0.25) is 5.91 Å². The van der Waals surface area contributed by atoms with Gasteiger partial charge in [-0.25, -0.2) is 0 Å². The van der Waals surface area contributed by atoms with Gasteiger partial charge in [-0.3, -0.25) is 4.79 Å². The Labute approximate surface area is 158 Å². The first-order valence-corrected chi connectivity index (χ1v) is 10.7. The number of rotatable bonds is 17. The molecule has 0 aliphatic heterocycles. The molecule has 25 heavy (non-hydrogen) atoms. The monoisotopic (exact) mass is 354 g/mol. The van der Waals surface area contributed by atoms with E-state index in [0.29, 0.717) is 0 Å². The quantitative estimate of drug-likeness (QED) is 0.244. The highest BCUT2D eigenvalue weighted by Crippen LogP contribution is 2.16. The maximum Gasteiger partial charge on any atom is 0.220 e. The number of hydrogen-bond acceptors (Lipinski definition) is 2. The number of carbonyl (C=O) groups is 1. The third-order valence-corrected chi connectivity index (χ3v) is 4.60.